The van der Waals surface area contributed by atoms with Gasteiger partial charge in [-0.2, -0.15) is 0 Å². The van der Waals surface area contributed by atoms with Crippen molar-refractivity contribution in [2.75, 3.05) is 18.1 Å². The second-order valence-electron chi connectivity index (χ2n) is 8.99. The first-order valence-corrected chi connectivity index (χ1v) is 11.7. The number of benzene rings is 1. The number of allylic oxidation sites excluding steroid dienone is 1. The molecule has 1 aromatic carbocycles. The Hall–Kier alpha value is -1.36. The second kappa shape index (κ2) is 9.22. The molecule has 0 saturated heterocycles. The number of hydrogen-bond donors (Lipinski definition) is 0. The summed E-state index contributed by atoms with van der Waals surface area (Å²) in [7, 11) is -3.20. The van der Waals surface area contributed by atoms with Crippen molar-refractivity contribution in [3.63, 3.8) is 0 Å². The molecule has 1 aliphatic carbocycles. The Morgan fingerprint density at radius 3 is 2.59 bits per heavy atom. The summed E-state index contributed by atoms with van der Waals surface area (Å²) in [5, 5.41) is 0. The molecule has 0 aromatic heterocycles. The van der Waals surface area contributed by atoms with Crippen molar-refractivity contribution in [3.05, 3.63) is 41.7 Å². The summed E-state index contributed by atoms with van der Waals surface area (Å²) in [6.45, 7) is 8.91. The van der Waals surface area contributed by atoms with Gasteiger partial charge in [-0.15, -0.1) is 0 Å². The van der Waals surface area contributed by atoms with Gasteiger partial charge in [0.05, 0.1) is 18.1 Å². The van der Waals surface area contributed by atoms with E-state index in [0.29, 0.717) is 12.5 Å². The molecule has 27 heavy (non-hydrogen) atoms. The minimum absolute atomic E-state index is 0.0459. The van der Waals surface area contributed by atoms with E-state index in [1.54, 1.807) is 18.2 Å². The Morgan fingerprint density at radius 2 is 1.96 bits per heavy atom. The average Bonchev–Trinajstić information content (AvgIpc) is 3.36. The SMILES string of the molecule is C[C@@H](CS(=O)(=O)C/C=C/CCC(C)(C)C)c1ccc(F)c(OCC2CC2)c1. The van der Waals surface area contributed by atoms with Crippen LogP contribution < -0.4 is 4.74 Å². The van der Waals surface area contributed by atoms with Gasteiger partial charge in [0, 0.05) is 0 Å². The fourth-order valence-corrected chi connectivity index (χ4v) is 4.34. The van der Waals surface area contributed by atoms with Crippen LogP contribution in [-0.2, 0) is 9.84 Å². The summed E-state index contributed by atoms with van der Waals surface area (Å²) in [6, 6.07) is 4.67. The van der Waals surface area contributed by atoms with Crippen molar-refractivity contribution in [3.8, 4) is 5.75 Å². The van der Waals surface area contributed by atoms with Crippen LogP contribution >= 0.6 is 0 Å². The fourth-order valence-electron chi connectivity index (χ4n) is 2.82. The zero-order valence-corrected chi connectivity index (χ0v) is 17.8. The molecule has 0 N–H and O–H groups in total. The summed E-state index contributed by atoms with van der Waals surface area (Å²) in [5.41, 5.74) is 1.04. The highest BCUT2D eigenvalue weighted by Crippen LogP contribution is 2.31. The van der Waals surface area contributed by atoms with Gasteiger partial charge in [0.2, 0.25) is 0 Å². The first kappa shape index (κ1) is 21.9. The fraction of sp³-hybridized carbons (Fsp3) is 0.636. The molecule has 1 saturated carbocycles. The summed E-state index contributed by atoms with van der Waals surface area (Å²) < 4.78 is 44.3. The van der Waals surface area contributed by atoms with Gasteiger partial charge in [-0.3, -0.25) is 0 Å². The second-order valence-corrected chi connectivity index (χ2v) is 11.1. The summed E-state index contributed by atoms with van der Waals surface area (Å²) in [4.78, 5) is 0. The van der Waals surface area contributed by atoms with Crippen molar-refractivity contribution in [2.45, 2.75) is 59.3 Å². The third-order valence-electron chi connectivity index (χ3n) is 4.78. The van der Waals surface area contributed by atoms with Crippen LogP contribution in [0.2, 0.25) is 0 Å². The molecule has 152 valence electrons. The highest BCUT2D eigenvalue weighted by atomic mass is 32.2. The van der Waals surface area contributed by atoms with E-state index in [0.717, 1.165) is 31.2 Å². The van der Waals surface area contributed by atoms with Gasteiger partial charge in [0.25, 0.3) is 0 Å². The van der Waals surface area contributed by atoms with Gasteiger partial charge in [-0.1, -0.05) is 45.9 Å². The van der Waals surface area contributed by atoms with E-state index in [4.69, 9.17) is 4.74 Å². The van der Waals surface area contributed by atoms with Crippen LogP contribution in [0.4, 0.5) is 4.39 Å². The molecule has 0 radical (unpaired) electrons. The molecule has 3 nitrogen and oxygen atoms in total. The van der Waals surface area contributed by atoms with Crippen LogP contribution in [0.3, 0.4) is 0 Å². The third kappa shape index (κ3) is 8.46. The molecular weight excluding hydrogens is 363 g/mol. The lowest BCUT2D eigenvalue weighted by atomic mass is 9.91. The average molecular weight is 397 g/mol. The molecule has 5 heteroatoms. The highest BCUT2D eigenvalue weighted by molar-refractivity contribution is 7.91. The Morgan fingerprint density at radius 1 is 1.26 bits per heavy atom. The maximum absolute atomic E-state index is 13.9. The predicted octanol–water partition coefficient (Wildman–Crippen LogP) is 5.52. The smallest absolute Gasteiger partial charge is 0.165 e. The number of hydrogen-bond acceptors (Lipinski definition) is 3. The van der Waals surface area contributed by atoms with Crippen LogP contribution in [-0.4, -0.2) is 26.5 Å². The van der Waals surface area contributed by atoms with Crippen LogP contribution in [0.25, 0.3) is 0 Å². The van der Waals surface area contributed by atoms with Gasteiger partial charge in [-0.25, -0.2) is 12.8 Å². The van der Waals surface area contributed by atoms with Gasteiger partial charge in [0.1, 0.15) is 0 Å². The first-order valence-electron chi connectivity index (χ1n) is 9.83. The standard InChI is InChI=1S/C22H33FO3S/c1-17(16-27(24,25)13-7-5-6-12-22(2,3)4)19-10-11-20(23)21(14-19)26-15-18-8-9-18/h5,7,10-11,14,17-18H,6,8-9,12-13,15-16H2,1-4H3/b7-5+/t17-/m0/s1. The van der Waals surface area contributed by atoms with Crippen LogP contribution in [0.15, 0.2) is 30.4 Å². The van der Waals surface area contributed by atoms with Gasteiger partial charge < -0.3 is 4.74 Å². The molecule has 0 unspecified atom stereocenters. The molecular formula is C22H33FO3S. The van der Waals surface area contributed by atoms with Gasteiger partial charge in [-0.05, 0) is 60.6 Å². The number of rotatable bonds is 10. The van der Waals surface area contributed by atoms with Crippen LogP contribution in [0.1, 0.15) is 64.9 Å². The minimum Gasteiger partial charge on any atom is -0.490 e. The van der Waals surface area contributed by atoms with Crippen LogP contribution in [0.5, 0.6) is 5.75 Å². The predicted molar refractivity (Wildman–Crippen MR) is 110 cm³/mol. The number of sulfone groups is 1. The lowest BCUT2D eigenvalue weighted by Gasteiger charge is -2.16. The molecule has 0 bridgehead atoms. The van der Waals surface area contributed by atoms with Gasteiger partial charge >= 0.3 is 0 Å². The molecule has 0 aliphatic heterocycles. The van der Waals surface area contributed by atoms with Crippen molar-refractivity contribution in [2.24, 2.45) is 11.3 Å². The van der Waals surface area contributed by atoms with Gasteiger partial charge in [0.15, 0.2) is 21.4 Å². The quantitative estimate of drug-likeness (QED) is 0.489. The zero-order valence-electron chi connectivity index (χ0n) is 17.0. The lowest BCUT2D eigenvalue weighted by Crippen LogP contribution is -2.15. The number of halogens is 1. The summed E-state index contributed by atoms with van der Waals surface area (Å²) in [6.07, 6.45) is 7.89. The normalized spacial score (nSPS) is 16.6. The van der Waals surface area contributed by atoms with E-state index in [1.807, 2.05) is 13.0 Å². The molecule has 1 aliphatic rings. The summed E-state index contributed by atoms with van der Waals surface area (Å²) in [5.74, 6) is 0.262. The van der Waals surface area contributed by atoms with Crippen molar-refractivity contribution < 1.29 is 17.5 Å². The molecule has 1 fully saturated rings. The topological polar surface area (TPSA) is 43.4 Å². The van der Waals surface area contributed by atoms with E-state index in [2.05, 4.69) is 20.8 Å². The molecule has 0 spiro atoms. The minimum atomic E-state index is -3.20. The summed E-state index contributed by atoms with van der Waals surface area (Å²) >= 11 is 0. The Bertz CT molecular complexity index is 743. The Balaban J connectivity index is 1.89. The molecule has 1 aromatic rings. The maximum atomic E-state index is 13.9. The maximum Gasteiger partial charge on any atom is 0.165 e. The van der Waals surface area contributed by atoms with E-state index in [1.165, 1.54) is 6.07 Å². The van der Waals surface area contributed by atoms with Crippen LogP contribution in [0, 0.1) is 17.2 Å². The Labute approximate surface area is 163 Å². The number of ether oxygens (including phenoxy) is 1. The van der Waals surface area contributed by atoms with Crippen molar-refractivity contribution in [1.82, 2.24) is 0 Å². The largest absolute Gasteiger partial charge is 0.490 e. The van der Waals surface area contributed by atoms with E-state index >= 15 is 0 Å². The highest BCUT2D eigenvalue weighted by Gasteiger charge is 2.23. The van der Waals surface area contributed by atoms with E-state index in [9.17, 15) is 12.8 Å². The molecule has 1 atom stereocenters. The molecule has 2 rings (SSSR count). The zero-order chi connectivity index (χ0) is 20.1. The van der Waals surface area contributed by atoms with Crippen molar-refractivity contribution in [1.29, 1.82) is 0 Å². The molecule has 0 amide bonds. The third-order valence-corrected chi connectivity index (χ3v) is 6.49. The Kier molecular flexibility index (Phi) is 7.49. The van der Waals surface area contributed by atoms with E-state index < -0.39 is 15.7 Å². The van der Waals surface area contributed by atoms with E-state index in [-0.39, 0.29) is 28.6 Å². The van der Waals surface area contributed by atoms with Crippen molar-refractivity contribution >= 4 is 9.84 Å². The molecule has 0 heterocycles. The lowest BCUT2D eigenvalue weighted by molar-refractivity contribution is 0.285. The monoisotopic (exact) mass is 396 g/mol. The first-order chi connectivity index (χ1) is 12.6.